The van der Waals surface area contributed by atoms with Crippen molar-refractivity contribution in [1.82, 2.24) is 5.32 Å². The average molecular weight is 270 g/mol. The summed E-state index contributed by atoms with van der Waals surface area (Å²) in [6, 6.07) is 16.1. The van der Waals surface area contributed by atoms with Crippen LogP contribution in [0.4, 0.5) is 0 Å². The Morgan fingerprint density at radius 1 is 1.10 bits per heavy atom. The molecule has 2 aromatic rings. The van der Waals surface area contributed by atoms with Gasteiger partial charge in [-0.1, -0.05) is 48.5 Å². The first kappa shape index (κ1) is 14.1. The third kappa shape index (κ3) is 3.83. The molecule has 0 aliphatic rings. The van der Waals surface area contributed by atoms with Crippen LogP contribution in [0.3, 0.4) is 0 Å². The number of aromatic hydroxyl groups is 1. The molecule has 0 spiro atoms. The van der Waals surface area contributed by atoms with Gasteiger partial charge in [-0.05, 0) is 11.6 Å². The molecule has 1 amide bonds. The molecule has 104 valence electrons. The summed E-state index contributed by atoms with van der Waals surface area (Å²) in [6.07, 6.45) is 0.220. The van der Waals surface area contributed by atoms with Gasteiger partial charge in [0.15, 0.2) is 0 Å². The molecular formula is C16H18N2O2. The van der Waals surface area contributed by atoms with E-state index >= 15 is 0 Å². The molecule has 0 aromatic heterocycles. The number of benzene rings is 2. The van der Waals surface area contributed by atoms with Gasteiger partial charge in [-0.15, -0.1) is 0 Å². The minimum atomic E-state index is -0.319. The number of nitrogens with two attached hydrogens (primary N) is 1. The van der Waals surface area contributed by atoms with Gasteiger partial charge in [0.1, 0.15) is 5.75 Å². The first-order valence-electron chi connectivity index (χ1n) is 6.51. The van der Waals surface area contributed by atoms with E-state index in [1.54, 1.807) is 18.2 Å². The van der Waals surface area contributed by atoms with Crippen LogP contribution in [0.2, 0.25) is 0 Å². The van der Waals surface area contributed by atoms with Gasteiger partial charge in [-0.3, -0.25) is 4.79 Å². The first-order valence-corrected chi connectivity index (χ1v) is 6.51. The number of phenolic OH excluding ortho intramolecular Hbond substituents is 1. The Bertz CT molecular complexity index is 570. The van der Waals surface area contributed by atoms with Crippen molar-refractivity contribution in [1.29, 1.82) is 0 Å². The van der Waals surface area contributed by atoms with E-state index in [2.05, 4.69) is 5.32 Å². The summed E-state index contributed by atoms with van der Waals surface area (Å²) in [6.45, 7) is 0.299. The predicted molar refractivity (Wildman–Crippen MR) is 77.9 cm³/mol. The Hall–Kier alpha value is -2.33. The standard InChI is InChI=1S/C16H18N2O2/c17-14(12-6-2-1-3-7-12)10-16(20)18-11-13-8-4-5-9-15(13)19/h1-9,14,19H,10-11,17H2,(H,18,20). The Morgan fingerprint density at radius 2 is 1.75 bits per heavy atom. The summed E-state index contributed by atoms with van der Waals surface area (Å²) < 4.78 is 0. The van der Waals surface area contributed by atoms with Crippen LogP contribution in [0.1, 0.15) is 23.6 Å². The molecule has 1 atom stereocenters. The second-order valence-electron chi connectivity index (χ2n) is 4.63. The van der Waals surface area contributed by atoms with Gasteiger partial charge in [0.2, 0.25) is 5.91 Å². The zero-order valence-electron chi connectivity index (χ0n) is 11.1. The van der Waals surface area contributed by atoms with Gasteiger partial charge < -0.3 is 16.2 Å². The number of carbonyl (C=O) groups excluding carboxylic acids is 1. The molecule has 0 heterocycles. The molecule has 2 aromatic carbocycles. The molecule has 4 heteroatoms. The monoisotopic (exact) mass is 270 g/mol. The van der Waals surface area contributed by atoms with Crippen molar-refractivity contribution in [3.8, 4) is 5.75 Å². The summed E-state index contributed by atoms with van der Waals surface area (Å²) >= 11 is 0. The molecule has 20 heavy (non-hydrogen) atoms. The fourth-order valence-corrected chi connectivity index (χ4v) is 1.94. The molecule has 0 bridgehead atoms. The number of rotatable bonds is 5. The molecule has 0 saturated carbocycles. The summed E-state index contributed by atoms with van der Waals surface area (Å²) in [5.74, 6) is 0.0461. The third-order valence-corrected chi connectivity index (χ3v) is 3.10. The second kappa shape index (κ2) is 6.73. The molecule has 0 aliphatic heterocycles. The minimum Gasteiger partial charge on any atom is -0.508 e. The molecule has 4 N–H and O–H groups in total. The van der Waals surface area contributed by atoms with E-state index in [1.807, 2.05) is 36.4 Å². The van der Waals surface area contributed by atoms with Crippen molar-refractivity contribution in [2.24, 2.45) is 5.73 Å². The van der Waals surface area contributed by atoms with Crippen molar-refractivity contribution in [2.75, 3.05) is 0 Å². The van der Waals surface area contributed by atoms with Gasteiger partial charge in [0.25, 0.3) is 0 Å². The molecule has 2 rings (SSSR count). The number of nitrogens with one attached hydrogen (secondary N) is 1. The largest absolute Gasteiger partial charge is 0.508 e. The number of amides is 1. The number of carbonyl (C=O) groups is 1. The fraction of sp³-hybridized carbons (Fsp3) is 0.188. The SMILES string of the molecule is NC(CC(=O)NCc1ccccc1O)c1ccccc1. The molecule has 1 unspecified atom stereocenters. The molecule has 4 nitrogen and oxygen atoms in total. The predicted octanol–water partition coefficient (Wildman–Crippen LogP) is 2.10. The quantitative estimate of drug-likeness (QED) is 0.778. The number of hydrogen-bond acceptors (Lipinski definition) is 3. The molecular weight excluding hydrogens is 252 g/mol. The van der Waals surface area contributed by atoms with E-state index in [-0.39, 0.29) is 24.1 Å². The summed E-state index contributed by atoms with van der Waals surface area (Å²) in [4.78, 5) is 11.8. The van der Waals surface area contributed by atoms with Crippen LogP contribution < -0.4 is 11.1 Å². The van der Waals surface area contributed by atoms with Crippen LogP contribution in [0.5, 0.6) is 5.75 Å². The van der Waals surface area contributed by atoms with E-state index in [1.165, 1.54) is 0 Å². The van der Waals surface area contributed by atoms with E-state index in [4.69, 9.17) is 5.73 Å². The van der Waals surface area contributed by atoms with Crippen LogP contribution >= 0.6 is 0 Å². The van der Waals surface area contributed by atoms with Crippen molar-refractivity contribution in [2.45, 2.75) is 19.0 Å². The highest BCUT2D eigenvalue weighted by molar-refractivity contribution is 5.76. The molecule has 0 aliphatic carbocycles. The lowest BCUT2D eigenvalue weighted by atomic mass is 10.0. The topological polar surface area (TPSA) is 75.4 Å². The number of phenols is 1. The highest BCUT2D eigenvalue weighted by atomic mass is 16.3. The van der Waals surface area contributed by atoms with E-state index < -0.39 is 0 Å². The highest BCUT2D eigenvalue weighted by Gasteiger charge is 2.11. The van der Waals surface area contributed by atoms with Crippen molar-refractivity contribution < 1.29 is 9.90 Å². The first-order chi connectivity index (χ1) is 9.66. The van der Waals surface area contributed by atoms with Crippen LogP contribution in [0.15, 0.2) is 54.6 Å². The van der Waals surface area contributed by atoms with Gasteiger partial charge in [0.05, 0.1) is 0 Å². The highest BCUT2D eigenvalue weighted by Crippen LogP contribution is 2.16. The Labute approximate surface area is 118 Å². The van der Waals surface area contributed by atoms with E-state index in [0.29, 0.717) is 12.1 Å². The molecule has 0 saturated heterocycles. The number of hydrogen-bond donors (Lipinski definition) is 3. The van der Waals surface area contributed by atoms with Gasteiger partial charge in [-0.25, -0.2) is 0 Å². The summed E-state index contributed by atoms with van der Waals surface area (Å²) in [7, 11) is 0. The normalized spacial score (nSPS) is 11.8. The second-order valence-corrected chi connectivity index (χ2v) is 4.63. The number of para-hydroxylation sites is 1. The maximum absolute atomic E-state index is 11.8. The van der Waals surface area contributed by atoms with E-state index in [9.17, 15) is 9.90 Å². The lowest BCUT2D eigenvalue weighted by Gasteiger charge is -2.12. The van der Waals surface area contributed by atoms with E-state index in [0.717, 1.165) is 5.56 Å². The maximum Gasteiger partial charge on any atom is 0.222 e. The zero-order valence-corrected chi connectivity index (χ0v) is 11.1. The smallest absolute Gasteiger partial charge is 0.222 e. The van der Waals surface area contributed by atoms with Gasteiger partial charge in [0, 0.05) is 24.6 Å². The maximum atomic E-state index is 11.8. The fourth-order valence-electron chi connectivity index (χ4n) is 1.94. The molecule has 0 radical (unpaired) electrons. The van der Waals surface area contributed by atoms with Crippen LogP contribution in [-0.2, 0) is 11.3 Å². The Balaban J connectivity index is 1.86. The summed E-state index contributed by atoms with van der Waals surface area (Å²) in [5, 5.41) is 12.4. The summed E-state index contributed by atoms with van der Waals surface area (Å²) in [5.41, 5.74) is 7.61. The minimum absolute atomic E-state index is 0.135. The molecule has 0 fully saturated rings. The van der Waals surface area contributed by atoms with Crippen LogP contribution in [0.25, 0.3) is 0 Å². The van der Waals surface area contributed by atoms with Crippen molar-refractivity contribution in [3.05, 3.63) is 65.7 Å². The van der Waals surface area contributed by atoms with Crippen LogP contribution in [-0.4, -0.2) is 11.0 Å². The third-order valence-electron chi connectivity index (χ3n) is 3.10. The Kier molecular flexibility index (Phi) is 4.74. The van der Waals surface area contributed by atoms with Crippen molar-refractivity contribution >= 4 is 5.91 Å². The lowest BCUT2D eigenvalue weighted by molar-refractivity contribution is -0.121. The van der Waals surface area contributed by atoms with Gasteiger partial charge >= 0.3 is 0 Å². The van der Waals surface area contributed by atoms with Crippen LogP contribution in [0, 0.1) is 0 Å². The Morgan fingerprint density at radius 3 is 2.45 bits per heavy atom. The van der Waals surface area contributed by atoms with Gasteiger partial charge in [-0.2, -0.15) is 0 Å². The zero-order chi connectivity index (χ0) is 14.4. The van der Waals surface area contributed by atoms with Crippen molar-refractivity contribution in [3.63, 3.8) is 0 Å². The average Bonchev–Trinajstić information content (AvgIpc) is 2.47. The lowest BCUT2D eigenvalue weighted by Crippen LogP contribution is -2.27.